The van der Waals surface area contributed by atoms with Crippen LogP contribution >= 0.6 is 11.8 Å². The number of para-hydroxylation sites is 3. The number of allylic oxidation sites excluding steroid dienone is 9. The Hall–Kier alpha value is -6.49. The van der Waals surface area contributed by atoms with E-state index in [1.807, 2.05) is 11.8 Å². The summed E-state index contributed by atoms with van der Waals surface area (Å²) >= 11 is 1.98. The first kappa shape index (κ1) is 35.9. The maximum absolute atomic E-state index is 2.51. The molecule has 0 saturated heterocycles. The molecule has 4 heteroatoms. The van der Waals surface area contributed by atoms with Gasteiger partial charge < -0.3 is 14.7 Å². The highest BCUT2D eigenvalue weighted by Gasteiger charge is 2.32. The quantitative estimate of drug-likeness (QED) is 0.137. The Morgan fingerprint density at radius 2 is 1.14 bits per heavy atom. The highest BCUT2D eigenvalue weighted by atomic mass is 32.2. The van der Waals surface area contributed by atoms with E-state index in [-0.39, 0.29) is 6.04 Å². The molecule has 0 amide bonds. The van der Waals surface area contributed by atoms with E-state index in [1.165, 1.54) is 33.1 Å². The Morgan fingerprint density at radius 3 is 1.88 bits per heavy atom. The van der Waals surface area contributed by atoms with Crippen molar-refractivity contribution >= 4 is 51.6 Å². The summed E-state index contributed by atoms with van der Waals surface area (Å²) in [6.07, 6.45) is 27.7. The van der Waals surface area contributed by atoms with Crippen LogP contribution in [0.5, 0.6) is 0 Å². The fourth-order valence-electron chi connectivity index (χ4n) is 8.76. The molecular formula is C54H45N3S. The average Bonchev–Trinajstić information content (AvgIpc) is 3.67. The molecule has 3 atom stereocenters. The van der Waals surface area contributed by atoms with E-state index in [9.17, 15) is 0 Å². The predicted molar refractivity (Wildman–Crippen MR) is 248 cm³/mol. The summed E-state index contributed by atoms with van der Waals surface area (Å²) in [4.78, 5) is 8.76. The van der Waals surface area contributed by atoms with E-state index in [4.69, 9.17) is 0 Å². The Labute approximate surface area is 347 Å². The third-order valence-electron chi connectivity index (χ3n) is 11.5. The van der Waals surface area contributed by atoms with Gasteiger partial charge in [-0.25, -0.2) is 0 Å². The number of benzene rings is 6. The molecule has 1 aliphatic heterocycles. The third kappa shape index (κ3) is 7.17. The first-order valence-electron chi connectivity index (χ1n) is 20.4. The van der Waals surface area contributed by atoms with Gasteiger partial charge in [0.1, 0.15) is 0 Å². The smallest absolute Gasteiger partial charge is 0.0559 e. The van der Waals surface area contributed by atoms with E-state index in [0.29, 0.717) is 11.2 Å². The van der Waals surface area contributed by atoms with Crippen molar-refractivity contribution in [3.05, 3.63) is 230 Å². The first-order chi connectivity index (χ1) is 28.8. The number of hydrogen-bond acceptors (Lipinski definition) is 4. The van der Waals surface area contributed by atoms with Crippen molar-refractivity contribution in [1.82, 2.24) is 0 Å². The lowest BCUT2D eigenvalue weighted by atomic mass is 9.92. The van der Waals surface area contributed by atoms with Crippen molar-refractivity contribution < 1.29 is 0 Å². The van der Waals surface area contributed by atoms with E-state index in [0.717, 1.165) is 53.3 Å². The largest absolute Gasteiger partial charge is 0.334 e. The Balaban J connectivity index is 1.14. The fourth-order valence-corrected chi connectivity index (χ4v) is 10.1. The molecule has 0 radical (unpaired) electrons. The molecule has 0 saturated carbocycles. The number of thioether (sulfide) groups is 1. The molecule has 6 aromatic carbocycles. The topological polar surface area (TPSA) is 9.72 Å². The molecule has 0 N–H and O–H groups in total. The van der Waals surface area contributed by atoms with Gasteiger partial charge in [-0.05, 0) is 127 Å². The molecule has 58 heavy (non-hydrogen) atoms. The minimum Gasteiger partial charge on any atom is -0.334 e. The summed E-state index contributed by atoms with van der Waals surface area (Å²) in [6.45, 7) is 0. The van der Waals surface area contributed by atoms with Crippen LogP contribution in [0.15, 0.2) is 229 Å². The molecule has 0 bridgehead atoms. The lowest BCUT2D eigenvalue weighted by Crippen LogP contribution is -2.30. The molecule has 1 heterocycles. The highest BCUT2D eigenvalue weighted by molar-refractivity contribution is 8.00. The van der Waals surface area contributed by atoms with Crippen molar-refractivity contribution in [2.75, 3.05) is 14.7 Å². The van der Waals surface area contributed by atoms with E-state index in [2.05, 4.69) is 233 Å². The maximum Gasteiger partial charge on any atom is 0.0559 e. The number of hydrogen-bond donors (Lipinski definition) is 0. The summed E-state index contributed by atoms with van der Waals surface area (Å²) in [7, 11) is 0. The summed E-state index contributed by atoms with van der Waals surface area (Å²) in [5.41, 5.74) is 13.1. The Morgan fingerprint density at radius 1 is 0.466 bits per heavy atom. The van der Waals surface area contributed by atoms with Crippen LogP contribution in [0.25, 0.3) is 11.1 Å². The normalized spacial score (nSPS) is 18.7. The van der Waals surface area contributed by atoms with E-state index < -0.39 is 0 Å². The number of fused-ring (bicyclic) bond motifs is 3. The second-order valence-corrected chi connectivity index (χ2v) is 16.4. The van der Waals surface area contributed by atoms with Crippen molar-refractivity contribution in [3.63, 3.8) is 0 Å². The number of nitrogens with zero attached hydrogens (tertiary/aromatic N) is 3. The zero-order valence-corrected chi connectivity index (χ0v) is 33.2. The van der Waals surface area contributed by atoms with Crippen LogP contribution in [-0.2, 0) is 0 Å². The molecule has 10 rings (SSSR count). The molecule has 3 nitrogen and oxygen atoms in total. The lowest BCUT2D eigenvalue weighted by molar-refractivity contribution is 0.785. The Kier molecular flexibility index (Phi) is 10.0. The molecule has 282 valence electrons. The van der Waals surface area contributed by atoms with Crippen LogP contribution in [-0.4, -0.2) is 11.3 Å². The third-order valence-corrected chi connectivity index (χ3v) is 12.8. The van der Waals surface area contributed by atoms with Crippen LogP contribution in [0.3, 0.4) is 0 Å². The maximum atomic E-state index is 2.51. The molecule has 0 aromatic heterocycles. The molecule has 3 unspecified atom stereocenters. The second-order valence-electron chi connectivity index (χ2n) is 15.2. The molecule has 3 aliphatic carbocycles. The van der Waals surface area contributed by atoms with E-state index >= 15 is 0 Å². The van der Waals surface area contributed by atoms with Crippen molar-refractivity contribution in [2.24, 2.45) is 0 Å². The highest BCUT2D eigenvalue weighted by Crippen LogP contribution is 2.50. The van der Waals surface area contributed by atoms with E-state index in [1.54, 1.807) is 0 Å². The zero-order valence-electron chi connectivity index (χ0n) is 32.4. The summed E-state index contributed by atoms with van der Waals surface area (Å²) in [5, 5.41) is 0.455. The Bertz CT molecular complexity index is 2600. The van der Waals surface area contributed by atoms with Gasteiger partial charge in [0.05, 0.1) is 6.04 Å². The van der Waals surface area contributed by atoms with Gasteiger partial charge in [0.2, 0.25) is 0 Å². The minimum absolute atomic E-state index is 0.171. The van der Waals surface area contributed by atoms with Crippen LogP contribution in [0.1, 0.15) is 30.7 Å². The summed E-state index contributed by atoms with van der Waals surface area (Å²) < 4.78 is 0. The zero-order chi connectivity index (χ0) is 38.7. The standard InChI is InChI=1S/C54H45N3S/c1-6-20-42(21-7-1)55(43-22-8-2-9-23-43)49-36-41(37-50(38-49)56(44-24-10-3-11-25-44)45-26-12-4-13-27-45)40-19-18-30-47(35-40)57(46-28-14-5-15-29-46)48-33-34-54-52(39-48)51-31-16-17-32-53(51)58-54/h1-12,14-22,24-26,28-39,43,51,53H,13,23,27H2. The number of anilines is 7. The van der Waals surface area contributed by atoms with Gasteiger partial charge in [-0.3, -0.25) is 0 Å². The fraction of sp³-hybridized carbons (Fsp3) is 0.111. The lowest BCUT2D eigenvalue weighted by Gasteiger charge is -2.35. The first-order valence-corrected chi connectivity index (χ1v) is 21.3. The van der Waals surface area contributed by atoms with Crippen molar-refractivity contribution in [1.29, 1.82) is 0 Å². The second kappa shape index (κ2) is 16.2. The molecular weight excluding hydrogens is 723 g/mol. The van der Waals surface area contributed by atoms with Gasteiger partial charge in [-0.2, -0.15) is 0 Å². The minimum atomic E-state index is 0.171. The summed E-state index contributed by atoms with van der Waals surface area (Å²) in [6, 6.07) is 56.0. The predicted octanol–water partition coefficient (Wildman–Crippen LogP) is 14.9. The SMILES string of the molecule is C1=CCCC(N(c2ccccc2)c2cc(-c3cccc(N(c4ccccc4)c4ccc5c(c4)C4C=CC=CC4S5)c3)cc(N(c3ccccc3)C3C=CC=CC3)c2)=C1. The monoisotopic (exact) mass is 767 g/mol. The van der Waals surface area contributed by atoms with Gasteiger partial charge in [-0.1, -0.05) is 127 Å². The van der Waals surface area contributed by atoms with Gasteiger partial charge in [-0.15, -0.1) is 11.8 Å². The van der Waals surface area contributed by atoms with Crippen LogP contribution in [0.4, 0.5) is 39.8 Å². The van der Waals surface area contributed by atoms with Crippen LogP contribution in [0.2, 0.25) is 0 Å². The molecule has 4 aliphatic rings. The van der Waals surface area contributed by atoms with Crippen LogP contribution in [0, 0.1) is 0 Å². The molecule has 0 spiro atoms. The summed E-state index contributed by atoms with van der Waals surface area (Å²) in [5.74, 6) is 0.388. The van der Waals surface area contributed by atoms with Gasteiger partial charge in [0, 0.05) is 61.6 Å². The van der Waals surface area contributed by atoms with Gasteiger partial charge >= 0.3 is 0 Å². The number of rotatable bonds is 10. The molecule has 6 aromatic rings. The van der Waals surface area contributed by atoms with Gasteiger partial charge in [0.15, 0.2) is 0 Å². The van der Waals surface area contributed by atoms with Gasteiger partial charge in [0.25, 0.3) is 0 Å². The van der Waals surface area contributed by atoms with Crippen molar-refractivity contribution in [3.8, 4) is 11.1 Å². The molecule has 0 fully saturated rings. The average molecular weight is 768 g/mol. The van der Waals surface area contributed by atoms with Crippen molar-refractivity contribution in [2.45, 2.75) is 41.4 Å². The van der Waals surface area contributed by atoms with Crippen LogP contribution < -0.4 is 14.7 Å².